The fraction of sp³-hybridized carbons (Fsp3) is 1.00. The second-order valence-corrected chi connectivity index (χ2v) is 8.93. The van der Waals surface area contributed by atoms with Gasteiger partial charge in [0.25, 0.3) is 0 Å². The Kier molecular flexibility index (Phi) is 8.14. The van der Waals surface area contributed by atoms with Gasteiger partial charge in [0.05, 0.1) is 12.7 Å². The number of ether oxygens (including phenoxy) is 1. The normalized spacial score (nSPS) is 20.5. The van der Waals surface area contributed by atoms with Gasteiger partial charge >= 0.3 is 8.56 Å². The molecule has 18 heavy (non-hydrogen) atoms. The molecule has 0 bridgehead atoms. The van der Waals surface area contributed by atoms with Gasteiger partial charge in [-0.2, -0.15) is 0 Å². The molecule has 108 valence electrons. The van der Waals surface area contributed by atoms with Crippen molar-refractivity contribution in [2.45, 2.75) is 71.1 Å². The van der Waals surface area contributed by atoms with Crippen molar-refractivity contribution in [1.82, 2.24) is 0 Å². The Morgan fingerprint density at radius 2 is 1.89 bits per heavy atom. The predicted molar refractivity (Wildman–Crippen MR) is 77.1 cm³/mol. The topological polar surface area (TPSA) is 27.7 Å². The van der Waals surface area contributed by atoms with Crippen molar-refractivity contribution in [1.29, 1.82) is 0 Å². The molecule has 1 atom stereocenters. The van der Waals surface area contributed by atoms with Crippen LogP contribution in [0.1, 0.15) is 52.9 Å². The minimum atomic E-state index is -1.94. The van der Waals surface area contributed by atoms with E-state index in [1.165, 1.54) is 19.3 Å². The van der Waals surface area contributed by atoms with E-state index < -0.39 is 8.56 Å². The third-order valence-electron chi connectivity index (χ3n) is 3.75. The summed E-state index contributed by atoms with van der Waals surface area (Å²) in [7, 11) is -1.94. The van der Waals surface area contributed by atoms with Crippen LogP contribution in [0.5, 0.6) is 0 Å². The summed E-state index contributed by atoms with van der Waals surface area (Å²) in [4.78, 5) is 0. The van der Waals surface area contributed by atoms with E-state index in [0.717, 1.165) is 44.8 Å². The minimum absolute atomic E-state index is 0.314. The summed E-state index contributed by atoms with van der Waals surface area (Å²) in [5.41, 5.74) is 0. The summed E-state index contributed by atoms with van der Waals surface area (Å²) in [5.74, 6) is 0. The molecule has 0 radical (unpaired) electrons. The highest BCUT2D eigenvalue weighted by Gasteiger charge is 2.34. The predicted octanol–water partition coefficient (Wildman–Crippen LogP) is 3.87. The lowest BCUT2D eigenvalue weighted by Gasteiger charge is -2.30. The zero-order valence-corrected chi connectivity index (χ0v) is 13.4. The molecule has 1 aliphatic heterocycles. The lowest BCUT2D eigenvalue weighted by Crippen LogP contribution is -2.43. The highest BCUT2D eigenvalue weighted by Crippen LogP contribution is 2.22. The zero-order valence-electron chi connectivity index (χ0n) is 12.4. The van der Waals surface area contributed by atoms with Gasteiger partial charge in [-0.05, 0) is 31.4 Å². The first-order valence-corrected chi connectivity index (χ1v) is 9.89. The van der Waals surface area contributed by atoms with Crippen LogP contribution in [-0.4, -0.2) is 34.5 Å². The molecule has 0 aromatic rings. The van der Waals surface area contributed by atoms with E-state index in [0.29, 0.717) is 6.10 Å². The maximum Gasteiger partial charge on any atom is 0.337 e. The van der Waals surface area contributed by atoms with E-state index >= 15 is 0 Å². The van der Waals surface area contributed by atoms with Gasteiger partial charge < -0.3 is 13.6 Å². The minimum Gasteiger partial charge on any atom is -0.394 e. The Balaban J connectivity index is 2.30. The van der Waals surface area contributed by atoms with E-state index in [4.69, 9.17) is 13.6 Å². The van der Waals surface area contributed by atoms with Crippen molar-refractivity contribution in [3.63, 3.8) is 0 Å². The summed E-state index contributed by atoms with van der Waals surface area (Å²) in [6.45, 7) is 9.13. The van der Waals surface area contributed by atoms with Gasteiger partial charge in [-0.15, -0.1) is 0 Å². The standard InChI is InChI=1S/C14H30O3Si/c1-4-7-8-12-16-18(5-2,6-3)17-13-14-10-9-11-15-14/h14H,4-13H2,1-3H3. The second kappa shape index (κ2) is 9.07. The molecule has 0 aromatic carbocycles. The van der Waals surface area contributed by atoms with Gasteiger partial charge in [0.1, 0.15) is 0 Å². The molecule has 1 heterocycles. The molecule has 0 aromatic heterocycles. The average molecular weight is 274 g/mol. The number of hydrogen-bond donors (Lipinski definition) is 0. The Morgan fingerprint density at radius 3 is 2.44 bits per heavy atom. The van der Waals surface area contributed by atoms with Crippen LogP contribution in [0, 0.1) is 0 Å². The van der Waals surface area contributed by atoms with E-state index in [2.05, 4.69) is 20.8 Å². The molecule has 1 rings (SSSR count). The number of rotatable bonds is 10. The van der Waals surface area contributed by atoms with E-state index in [1.54, 1.807) is 0 Å². The SMILES string of the molecule is CCCCCO[Si](CC)(CC)OCC1CCCO1. The highest BCUT2D eigenvalue weighted by atomic mass is 28.4. The monoisotopic (exact) mass is 274 g/mol. The van der Waals surface area contributed by atoms with Crippen LogP contribution in [0.4, 0.5) is 0 Å². The quantitative estimate of drug-likeness (QED) is 0.447. The fourth-order valence-corrected chi connectivity index (χ4v) is 4.74. The van der Waals surface area contributed by atoms with Gasteiger partial charge in [-0.3, -0.25) is 0 Å². The van der Waals surface area contributed by atoms with Gasteiger partial charge in [-0.1, -0.05) is 33.6 Å². The third-order valence-corrected chi connectivity index (χ3v) is 7.32. The smallest absolute Gasteiger partial charge is 0.337 e. The van der Waals surface area contributed by atoms with Crippen molar-refractivity contribution >= 4 is 8.56 Å². The molecule has 0 saturated carbocycles. The molecule has 1 saturated heterocycles. The Labute approximate surface area is 113 Å². The molecule has 1 unspecified atom stereocenters. The van der Waals surface area contributed by atoms with Gasteiger partial charge in [0.2, 0.25) is 0 Å². The molecule has 0 amide bonds. The van der Waals surface area contributed by atoms with Crippen LogP contribution in [0.2, 0.25) is 12.1 Å². The maximum absolute atomic E-state index is 6.18. The summed E-state index contributed by atoms with van der Waals surface area (Å²) < 4.78 is 18.0. The third kappa shape index (κ3) is 5.39. The first-order valence-electron chi connectivity index (χ1n) is 7.65. The van der Waals surface area contributed by atoms with Crippen molar-refractivity contribution in [2.24, 2.45) is 0 Å². The largest absolute Gasteiger partial charge is 0.394 e. The van der Waals surface area contributed by atoms with Crippen LogP contribution < -0.4 is 0 Å². The summed E-state index contributed by atoms with van der Waals surface area (Å²) in [6, 6.07) is 2.09. The van der Waals surface area contributed by atoms with E-state index in [1.807, 2.05) is 0 Å². The average Bonchev–Trinajstić information content (AvgIpc) is 2.92. The second-order valence-electron chi connectivity index (χ2n) is 5.12. The van der Waals surface area contributed by atoms with Crippen molar-refractivity contribution in [3.8, 4) is 0 Å². The molecule has 0 aliphatic carbocycles. The van der Waals surface area contributed by atoms with Crippen molar-refractivity contribution < 1.29 is 13.6 Å². The number of unbranched alkanes of at least 4 members (excludes halogenated alkanes) is 2. The Morgan fingerprint density at radius 1 is 1.11 bits per heavy atom. The molecular weight excluding hydrogens is 244 g/mol. The lowest BCUT2D eigenvalue weighted by molar-refractivity contribution is 0.0480. The first-order chi connectivity index (χ1) is 8.76. The molecule has 0 N–H and O–H groups in total. The van der Waals surface area contributed by atoms with Gasteiger partial charge in [-0.25, -0.2) is 0 Å². The van der Waals surface area contributed by atoms with Crippen molar-refractivity contribution in [3.05, 3.63) is 0 Å². The highest BCUT2D eigenvalue weighted by molar-refractivity contribution is 6.67. The molecule has 1 aliphatic rings. The van der Waals surface area contributed by atoms with E-state index in [9.17, 15) is 0 Å². The van der Waals surface area contributed by atoms with Gasteiger partial charge in [0, 0.05) is 13.2 Å². The van der Waals surface area contributed by atoms with Crippen molar-refractivity contribution in [2.75, 3.05) is 19.8 Å². The summed E-state index contributed by atoms with van der Waals surface area (Å²) >= 11 is 0. The van der Waals surface area contributed by atoms with Crippen LogP contribution in [0.3, 0.4) is 0 Å². The molecular formula is C14H30O3Si. The molecule has 0 spiro atoms. The van der Waals surface area contributed by atoms with Crippen LogP contribution in [-0.2, 0) is 13.6 Å². The Bertz CT molecular complexity index is 201. The van der Waals surface area contributed by atoms with Crippen LogP contribution >= 0.6 is 0 Å². The fourth-order valence-electron chi connectivity index (χ4n) is 2.33. The molecule has 3 nitrogen and oxygen atoms in total. The molecule has 4 heteroatoms. The van der Waals surface area contributed by atoms with Crippen LogP contribution in [0.25, 0.3) is 0 Å². The maximum atomic E-state index is 6.18. The zero-order chi connectivity index (χ0) is 13.3. The van der Waals surface area contributed by atoms with E-state index in [-0.39, 0.29) is 0 Å². The summed E-state index contributed by atoms with van der Waals surface area (Å²) in [5, 5.41) is 0. The number of hydrogen-bond acceptors (Lipinski definition) is 3. The first kappa shape index (κ1) is 16.2. The van der Waals surface area contributed by atoms with Crippen LogP contribution in [0.15, 0.2) is 0 Å². The lowest BCUT2D eigenvalue weighted by atomic mass is 10.2. The molecule has 1 fully saturated rings. The summed E-state index contributed by atoms with van der Waals surface area (Å²) in [6.07, 6.45) is 6.30. The Hall–Kier alpha value is 0.0969. The van der Waals surface area contributed by atoms with Gasteiger partial charge in [0.15, 0.2) is 0 Å².